The Morgan fingerprint density at radius 2 is 2.17 bits per heavy atom. The summed E-state index contributed by atoms with van der Waals surface area (Å²) in [5.41, 5.74) is 5.74. The van der Waals surface area contributed by atoms with E-state index in [2.05, 4.69) is 13.8 Å². The predicted octanol–water partition coefficient (Wildman–Crippen LogP) is 1.73. The quantitative estimate of drug-likeness (QED) is 0.699. The molecule has 2 N–H and O–H groups in total. The molecule has 0 aromatic carbocycles. The molecule has 1 aliphatic rings. The summed E-state index contributed by atoms with van der Waals surface area (Å²) in [6.07, 6.45) is 3.71. The van der Waals surface area contributed by atoms with Crippen LogP contribution in [0.5, 0.6) is 0 Å². The maximum atomic E-state index is 11.5. The van der Waals surface area contributed by atoms with Gasteiger partial charge in [0.25, 0.3) is 0 Å². The first kappa shape index (κ1) is 9.72. The zero-order valence-electron chi connectivity index (χ0n) is 8.05. The summed E-state index contributed by atoms with van der Waals surface area (Å²) in [4.78, 5) is 11.5. The van der Waals surface area contributed by atoms with E-state index in [1.165, 1.54) is 0 Å². The number of hydrogen-bond acceptors (Lipinski definition) is 2. The van der Waals surface area contributed by atoms with E-state index in [9.17, 15) is 4.79 Å². The van der Waals surface area contributed by atoms with Crippen molar-refractivity contribution in [1.29, 1.82) is 0 Å². The first-order chi connectivity index (χ1) is 5.59. The van der Waals surface area contributed by atoms with Crippen molar-refractivity contribution in [3.8, 4) is 0 Å². The minimum atomic E-state index is 0.280. The highest BCUT2D eigenvalue weighted by atomic mass is 16.1. The Morgan fingerprint density at radius 1 is 1.50 bits per heavy atom. The van der Waals surface area contributed by atoms with E-state index < -0.39 is 0 Å². The smallest absolute Gasteiger partial charge is 0.136 e. The van der Waals surface area contributed by atoms with Gasteiger partial charge in [0.15, 0.2) is 0 Å². The molecule has 0 amide bonds. The summed E-state index contributed by atoms with van der Waals surface area (Å²) in [6.45, 7) is 4.18. The van der Waals surface area contributed by atoms with E-state index in [-0.39, 0.29) is 12.0 Å². The maximum absolute atomic E-state index is 11.5. The van der Waals surface area contributed by atoms with Crippen LogP contribution in [0.4, 0.5) is 0 Å². The second-order valence-electron chi connectivity index (χ2n) is 4.33. The molecule has 0 aromatic heterocycles. The second kappa shape index (κ2) is 4.04. The number of hydrogen-bond donors (Lipinski definition) is 1. The fourth-order valence-electron chi connectivity index (χ4n) is 1.88. The number of Topliss-reactive ketones (excluding diaryl/α,β-unsaturated/α-hetero) is 1. The molecule has 0 spiro atoms. The van der Waals surface area contributed by atoms with Crippen LogP contribution in [0, 0.1) is 11.8 Å². The van der Waals surface area contributed by atoms with E-state index in [0.29, 0.717) is 11.7 Å². The van der Waals surface area contributed by atoms with E-state index in [4.69, 9.17) is 5.73 Å². The van der Waals surface area contributed by atoms with Crippen LogP contribution in [0.3, 0.4) is 0 Å². The van der Waals surface area contributed by atoms with Crippen LogP contribution in [0.2, 0.25) is 0 Å². The highest BCUT2D eigenvalue weighted by Crippen LogP contribution is 2.26. The number of carbonyl (C=O) groups is 1. The van der Waals surface area contributed by atoms with Gasteiger partial charge in [0.2, 0.25) is 0 Å². The van der Waals surface area contributed by atoms with Gasteiger partial charge in [0.1, 0.15) is 5.78 Å². The molecule has 1 aliphatic carbocycles. The van der Waals surface area contributed by atoms with Crippen LogP contribution in [0.25, 0.3) is 0 Å². The molecule has 2 nitrogen and oxygen atoms in total. The van der Waals surface area contributed by atoms with Gasteiger partial charge >= 0.3 is 0 Å². The van der Waals surface area contributed by atoms with Crippen molar-refractivity contribution in [2.24, 2.45) is 17.6 Å². The van der Waals surface area contributed by atoms with Crippen molar-refractivity contribution in [1.82, 2.24) is 0 Å². The monoisotopic (exact) mass is 169 g/mol. The highest BCUT2D eigenvalue weighted by molar-refractivity contribution is 5.81. The van der Waals surface area contributed by atoms with E-state index in [1.54, 1.807) is 0 Å². The van der Waals surface area contributed by atoms with Gasteiger partial charge in [-0.05, 0) is 25.2 Å². The van der Waals surface area contributed by atoms with E-state index in [0.717, 1.165) is 25.7 Å². The third-order valence-electron chi connectivity index (χ3n) is 2.54. The first-order valence-electron chi connectivity index (χ1n) is 4.88. The molecule has 2 unspecified atom stereocenters. The SMILES string of the molecule is CC(C)CC(=O)C1CCC(N)C1. The number of carbonyl (C=O) groups excluding carboxylic acids is 1. The molecule has 2 atom stereocenters. The fourth-order valence-corrected chi connectivity index (χ4v) is 1.88. The predicted molar refractivity (Wildman–Crippen MR) is 49.8 cm³/mol. The molecule has 1 rings (SSSR count). The largest absolute Gasteiger partial charge is 0.328 e. The minimum Gasteiger partial charge on any atom is -0.328 e. The Hall–Kier alpha value is -0.370. The molecule has 0 bridgehead atoms. The van der Waals surface area contributed by atoms with Gasteiger partial charge in [-0.2, -0.15) is 0 Å². The first-order valence-corrected chi connectivity index (χ1v) is 4.88. The number of ketones is 1. The van der Waals surface area contributed by atoms with Gasteiger partial charge in [-0.1, -0.05) is 13.8 Å². The highest BCUT2D eigenvalue weighted by Gasteiger charge is 2.27. The van der Waals surface area contributed by atoms with Crippen LogP contribution < -0.4 is 5.73 Å². The summed E-state index contributed by atoms with van der Waals surface area (Å²) in [5, 5.41) is 0. The van der Waals surface area contributed by atoms with E-state index in [1.807, 2.05) is 0 Å². The van der Waals surface area contributed by atoms with Crippen molar-refractivity contribution in [3.63, 3.8) is 0 Å². The van der Waals surface area contributed by atoms with Crippen molar-refractivity contribution in [2.75, 3.05) is 0 Å². The van der Waals surface area contributed by atoms with Crippen LogP contribution in [-0.2, 0) is 4.79 Å². The van der Waals surface area contributed by atoms with Crippen molar-refractivity contribution < 1.29 is 4.79 Å². The zero-order chi connectivity index (χ0) is 9.14. The van der Waals surface area contributed by atoms with Gasteiger partial charge in [0, 0.05) is 18.4 Å². The van der Waals surface area contributed by atoms with Crippen LogP contribution in [0.15, 0.2) is 0 Å². The minimum absolute atomic E-state index is 0.280. The van der Waals surface area contributed by atoms with Crippen LogP contribution in [0.1, 0.15) is 39.5 Å². The van der Waals surface area contributed by atoms with Gasteiger partial charge < -0.3 is 5.73 Å². The van der Waals surface area contributed by atoms with Gasteiger partial charge in [-0.15, -0.1) is 0 Å². The van der Waals surface area contributed by atoms with Crippen LogP contribution in [-0.4, -0.2) is 11.8 Å². The summed E-state index contributed by atoms with van der Waals surface area (Å²) >= 11 is 0. The van der Waals surface area contributed by atoms with E-state index >= 15 is 0 Å². The Balaban J connectivity index is 2.33. The van der Waals surface area contributed by atoms with Gasteiger partial charge in [0.05, 0.1) is 0 Å². The summed E-state index contributed by atoms with van der Waals surface area (Å²) in [7, 11) is 0. The Labute approximate surface area is 74.5 Å². The molecular weight excluding hydrogens is 150 g/mol. The molecule has 0 saturated heterocycles. The number of nitrogens with two attached hydrogens (primary N) is 1. The third-order valence-corrected chi connectivity index (χ3v) is 2.54. The molecule has 1 saturated carbocycles. The lowest BCUT2D eigenvalue weighted by Gasteiger charge is -2.09. The molecular formula is C10H19NO. The topological polar surface area (TPSA) is 43.1 Å². The molecule has 12 heavy (non-hydrogen) atoms. The van der Waals surface area contributed by atoms with Crippen molar-refractivity contribution in [3.05, 3.63) is 0 Å². The number of rotatable bonds is 3. The molecule has 0 aromatic rings. The molecule has 1 fully saturated rings. The third kappa shape index (κ3) is 2.59. The Kier molecular flexibility index (Phi) is 3.27. The maximum Gasteiger partial charge on any atom is 0.136 e. The van der Waals surface area contributed by atoms with Crippen molar-refractivity contribution in [2.45, 2.75) is 45.6 Å². The fraction of sp³-hybridized carbons (Fsp3) is 0.900. The van der Waals surface area contributed by atoms with Crippen LogP contribution >= 0.6 is 0 Å². The molecule has 70 valence electrons. The molecule has 0 radical (unpaired) electrons. The second-order valence-corrected chi connectivity index (χ2v) is 4.33. The molecule has 0 aliphatic heterocycles. The zero-order valence-corrected chi connectivity index (χ0v) is 8.05. The lowest BCUT2D eigenvalue weighted by Crippen LogP contribution is -2.18. The molecule has 0 heterocycles. The summed E-state index contributed by atoms with van der Waals surface area (Å²) < 4.78 is 0. The molecule has 2 heteroatoms. The lowest BCUT2D eigenvalue weighted by atomic mass is 9.95. The average Bonchev–Trinajstić information content (AvgIpc) is 2.34. The standard InChI is InChI=1S/C10H19NO/c1-7(2)5-10(12)8-3-4-9(11)6-8/h7-9H,3-6,11H2,1-2H3. The van der Waals surface area contributed by atoms with Gasteiger partial charge in [-0.25, -0.2) is 0 Å². The Morgan fingerprint density at radius 3 is 2.58 bits per heavy atom. The summed E-state index contributed by atoms with van der Waals surface area (Å²) in [6, 6.07) is 0.283. The summed E-state index contributed by atoms with van der Waals surface area (Å²) in [5.74, 6) is 1.20. The average molecular weight is 169 g/mol. The van der Waals surface area contributed by atoms with Gasteiger partial charge in [-0.3, -0.25) is 4.79 Å². The normalized spacial score (nSPS) is 29.7. The lowest BCUT2D eigenvalue weighted by molar-refractivity contribution is -0.123. The Bertz CT molecular complexity index is 165. The van der Waals surface area contributed by atoms with Crippen molar-refractivity contribution >= 4 is 5.78 Å².